The molecule has 7 aromatic heterocycles. The van der Waals surface area contributed by atoms with Crippen molar-refractivity contribution in [3.63, 3.8) is 0 Å². The summed E-state index contributed by atoms with van der Waals surface area (Å²) in [4.78, 5) is 44.9. The number of pyridine rings is 4. The number of aryl methyl sites for hydroxylation is 6. The third kappa shape index (κ3) is 23.6. The number of aromatic amines is 1. The monoisotopic (exact) mass is 1280 g/mol. The first-order valence-electron chi connectivity index (χ1n) is 25.2. The Morgan fingerprint density at radius 2 is 1.05 bits per heavy atom. The smallest absolute Gasteiger partial charge is 0.250 e. The first kappa shape index (κ1) is 72.5. The van der Waals surface area contributed by atoms with E-state index in [1.54, 1.807) is 67.6 Å². The molecule has 1 amide bonds. The van der Waals surface area contributed by atoms with Gasteiger partial charge in [0.2, 0.25) is 17.4 Å². The van der Waals surface area contributed by atoms with Gasteiger partial charge in [0.1, 0.15) is 34.9 Å². The second kappa shape index (κ2) is 36.9. The number of hydrogen-bond donors (Lipinski definition) is 6. The molecule has 84 heavy (non-hydrogen) atoms. The van der Waals surface area contributed by atoms with E-state index in [1.807, 2.05) is 147 Å². The standard InChI is InChI=1S/C16H15ClN4O.C10H12N4O.C9H10N4O.C7H6Cl2.C6H8N2O.C6H15NO2.C2H6N2O.BrH/c1-11-18-19-12(2)21(11)15-7-8-16(22)20(10-15)9-13-3-5-14(17)6-4-13;1-7-12-13-8(2)14(7)10-4-3-9(6-15)11-5-10;1-6-11-12-7(2)13(6)8-3-4-9(14)10-5-8;8-5-6-1-3-7(9)4-2-6;7-5-1-2-6(4-9)8-3-5;1-6(8-4,9-5)7(2)3;1-2(5)4-3;/h3-8,10H,9H2,1-2H3;3-5,15H,6H2,1-2H3;3-5H,1-2H3,(H,10,14);1-4H,5H2;1-3,9H,4,7H2;1-5H3;3H2,1H3,(H,4,5);1H. The highest BCUT2D eigenvalue weighted by Crippen LogP contribution is 2.16. The van der Waals surface area contributed by atoms with E-state index in [9.17, 15) is 14.4 Å². The summed E-state index contributed by atoms with van der Waals surface area (Å²) in [6, 6.07) is 28.6. The molecule has 0 aliphatic heterocycles. The SMILES string of the molecule is Br.CC(=O)NN.COC(C)(OC)N(C)C.Cc1nnc(C)n1-c1ccc(=O)[nH]c1.Cc1nnc(C)n1-c1ccc(=O)n(Cc2ccc(Cl)cc2)c1.Cc1nnc(C)n1-c1ccc(CO)nc1.ClCc1ccc(Cl)cc1.Nc1ccc(CO)nc1. The number of nitrogens with zero attached hydrogens (tertiary/aromatic N) is 13. The van der Waals surface area contributed by atoms with Crippen LogP contribution in [0.2, 0.25) is 10.0 Å². The van der Waals surface area contributed by atoms with Crippen LogP contribution < -0.4 is 28.1 Å². The van der Waals surface area contributed by atoms with E-state index in [0.717, 1.165) is 68.2 Å². The van der Waals surface area contributed by atoms with Crippen LogP contribution in [0.5, 0.6) is 0 Å². The summed E-state index contributed by atoms with van der Waals surface area (Å²) in [6.45, 7) is 14.9. The molecule has 9 rings (SSSR count). The van der Waals surface area contributed by atoms with Gasteiger partial charge in [-0.3, -0.25) is 48.4 Å². The number of hydrogen-bond acceptors (Lipinski definition) is 18. The Hall–Kier alpha value is -7.56. The Morgan fingerprint density at radius 1 is 0.643 bits per heavy atom. The number of hydrazine groups is 1. The molecule has 0 saturated heterocycles. The molecule has 0 bridgehead atoms. The number of aromatic nitrogens is 13. The number of ether oxygens (including phenoxy) is 2. The van der Waals surface area contributed by atoms with Gasteiger partial charge in [-0.05, 0) is 127 Å². The maximum Gasteiger partial charge on any atom is 0.250 e. The molecule has 0 fully saturated rings. The maximum absolute atomic E-state index is 12.1. The third-order valence-corrected chi connectivity index (χ3v) is 12.4. The molecule has 24 nitrogen and oxygen atoms in total. The van der Waals surface area contributed by atoms with Crippen LogP contribution in [0.4, 0.5) is 5.69 Å². The minimum Gasteiger partial charge on any atom is -0.397 e. The molecule has 0 unspecified atom stereocenters. The lowest BCUT2D eigenvalue weighted by Gasteiger charge is -2.32. The lowest BCUT2D eigenvalue weighted by Crippen LogP contribution is -2.44. The van der Waals surface area contributed by atoms with Gasteiger partial charge in [0.15, 0.2) is 0 Å². The van der Waals surface area contributed by atoms with E-state index in [4.69, 9.17) is 60.2 Å². The number of carbonyl (C=O) groups excluding carboxylic acids is 1. The highest BCUT2D eigenvalue weighted by Gasteiger charge is 2.24. The molecular formula is C56H73BrCl3N17O7. The van der Waals surface area contributed by atoms with Crippen LogP contribution in [0.1, 0.15) is 71.3 Å². The summed E-state index contributed by atoms with van der Waals surface area (Å²) in [5.41, 5.74) is 13.7. The zero-order chi connectivity index (χ0) is 61.8. The molecule has 0 spiro atoms. The van der Waals surface area contributed by atoms with Crippen molar-refractivity contribution >= 4 is 63.4 Å². The van der Waals surface area contributed by atoms with Gasteiger partial charge in [0.25, 0.3) is 5.56 Å². The van der Waals surface area contributed by atoms with Gasteiger partial charge in [-0.1, -0.05) is 47.5 Å². The van der Waals surface area contributed by atoms with Crippen molar-refractivity contribution in [1.82, 2.24) is 74.1 Å². The van der Waals surface area contributed by atoms with Gasteiger partial charge >= 0.3 is 0 Å². The van der Waals surface area contributed by atoms with Crippen molar-refractivity contribution in [1.29, 1.82) is 0 Å². The number of nitrogens with two attached hydrogens (primary N) is 2. The number of methoxy groups -OCH3 is 2. The number of nitrogens with one attached hydrogen (secondary N) is 2. The van der Waals surface area contributed by atoms with Crippen LogP contribution in [0, 0.1) is 41.5 Å². The number of aliphatic hydroxyl groups excluding tert-OH is 2. The van der Waals surface area contributed by atoms with Gasteiger partial charge in [0, 0.05) is 68.5 Å². The molecular weight excluding hydrogens is 1210 g/mol. The molecule has 7 heterocycles. The first-order valence-corrected chi connectivity index (χ1v) is 26.5. The quantitative estimate of drug-likeness (QED) is 0.0241. The highest BCUT2D eigenvalue weighted by atomic mass is 79.9. The average Bonchev–Trinajstić information content (AvgIpc) is 4.27. The molecule has 0 atom stereocenters. The van der Waals surface area contributed by atoms with Crippen molar-refractivity contribution < 1.29 is 24.5 Å². The van der Waals surface area contributed by atoms with E-state index in [-0.39, 0.29) is 47.2 Å². The van der Waals surface area contributed by atoms with Gasteiger partial charge in [-0.2, -0.15) is 0 Å². The molecule has 452 valence electrons. The van der Waals surface area contributed by atoms with Crippen LogP contribution in [0.3, 0.4) is 0 Å². The lowest BCUT2D eigenvalue weighted by atomic mass is 10.2. The Bertz CT molecular complexity index is 3360. The number of halogens is 4. The molecule has 0 radical (unpaired) electrons. The highest BCUT2D eigenvalue weighted by molar-refractivity contribution is 8.93. The zero-order valence-corrected chi connectivity index (χ0v) is 52.8. The minimum absolute atomic E-state index is 0. The fourth-order valence-electron chi connectivity index (χ4n) is 6.82. The van der Waals surface area contributed by atoms with Crippen LogP contribution in [0.25, 0.3) is 17.1 Å². The normalized spacial score (nSPS) is 10.3. The number of nitrogen functional groups attached to an aromatic ring is 1. The second-order valence-electron chi connectivity index (χ2n) is 17.8. The molecule has 9 aromatic rings. The number of benzene rings is 2. The average molecular weight is 1280 g/mol. The maximum atomic E-state index is 12.1. The van der Waals surface area contributed by atoms with Gasteiger partial charge in [-0.15, -0.1) is 59.2 Å². The topological polar surface area (TPSA) is 316 Å². The number of amides is 1. The number of H-pyrrole nitrogens is 1. The Labute approximate surface area is 513 Å². The predicted molar refractivity (Wildman–Crippen MR) is 332 cm³/mol. The van der Waals surface area contributed by atoms with Crippen molar-refractivity contribution in [2.75, 3.05) is 34.0 Å². The van der Waals surface area contributed by atoms with E-state index >= 15 is 0 Å². The van der Waals surface area contributed by atoms with Crippen LogP contribution in [-0.2, 0) is 39.9 Å². The van der Waals surface area contributed by atoms with Crippen LogP contribution >= 0.6 is 51.8 Å². The summed E-state index contributed by atoms with van der Waals surface area (Å²) < 4.78 is 17.5. The van der Waals surface area contributed by atoms with Gasteiger partial charge < -0.3 is 35.0 Å². The first-order chi connectivity index (χ1) is 39.4. The molecule has 28 heteroatoms. The Balaban J connectivity index is 0.000000349. The Kier molecular flexibility index (Phi) is 31.9. The third-order valence-electron chi connectivity index (χ3n) is 11.6. The van der Waals surface area contributed by atoms with Gasteiger partial charge in [-0.25, -0.2) is 5.84 Å². The zero-order valence-electron chi connectivity index (χ0n) is 48.8. The summed E-state index contributed by atoms with van der Waals surface area (Å²) in [6.07, 6.45) is 6.69. The summed E-state index contributed by atoms with van der Waals surface area (Å²) in [7, 11) is 7.02. The van der Waals surface area contributed by atoms with Crippen LogP contribution in [0.15, 0.2) is 131 Å². The van der Waals surface area contributed by atoms with Gasteiger partial charge in [0.05, 0.1) is 66.3 Å². The summed E-state index contributed by atoms with van der Waals surface area (Å²) >= 11 is 17.0. The van der Waals surface area contributed by atoms with Crippen LogP contribution in [-0.4, -0.2) is 119 Å². The molecule has 0 saturated carbocycles. The second-order valence-corrected chi connectivity index (χ2v) is 19.0. The van der Waals surface area contributed by atoms with Crippen molar-refractivity contribution in [2.45, 2.75) is 86.9 Å². The summed E-state index contributed by atoms with van der Waals surface area (Å²) in [5, 5.41) is 42.7. The van der Waals surface area contributed by atoms with Crippen molar-refractivity contribution in [3.05, 3.63) is 210 Å². The summed E-state index contributed by atoms with van der Waals surface area (Å²) in [5.74, 6) is 9.15. The minimum atomic E-state index is -0.583. The molecule has 2 aromatic carbocycles. The van der Waals surface area contributed by atoms with E-state index < -0.39 is 5.91 Å². The van der Waals surface area contributed by atoms with E-state index in [2.05, 4.69) is 51.4 Å². The largest absolute Gasteiger partial charge is 0.397 e. The van der Waals surface area contributed by atoms with Crippen molar-refractivity contribution in [3.8, 4) is 17.1 Å². The van der Waals surface area contributed by atoms with Crippen molar-refractivity contribution in [2.24, 2.45) is 5.84 Å². The lowest BCUT2D eigenvalue weighted by molar-refractivity contribution is -0.270. The number of aliphatic hydroxyl groups is 2. The number of alkyl halides is 1. The fraction of sp³-hybridized carbons (Fsp3) is 0.304. The number of rotatable bonds is 11. The van der Waals surface area contributed by atoms with E-state index in [1.165, 1.54) is 19.2 Å². The number of carbonyl (C=O) groups is 1. The fourth-order valence-corrected chi connectivity index (χ4v) is 7.25. The molecule has 0 aliphatic carbocycles. The van der Waals surface area contributed by atoms with E-state index in [0.29, 0.717) is 34.5 Å². The molecule has 8 N–H and O–H groups in total. The predicted octanol–water partition coefficient (Wildman–Crippen LogP) is 7.41. The number of anilines is 1. The Morgan fingerprint density at radius 3 is 1.39 bits per heavy atom. The molecule has 0 aliphatic rings.